The lowest BCUT2D eigenvalue weighted by molar-refractivity contribution is -0.123. The third-order valence-corrected chi connectivity index (χ3v) is 2.55. The van der Waals surface area contributed by atoms with Crippen LogP contribution in [-0.2, 0) is 9.59 Å². The normalized spacial score (nSPS) is 10.2. The zero-order valence-electron chi connectivity index (χ0n) is 9.72. The van der Waals surface area contributed by atoms with Gasteiger partial charge in [0.05, 0.1) is 0 Å². The summed E-state index contributed by atoms with van der Waals surface area (Å²) >= 11 is 0. The van der Waals surface area contributed by atoms with E-state index < -0.39 is 0 Å². The number of phenols is 1. The first-order valence-corrected chi connectivity index (χ1v) is 5.34. The van der Waals surface area contributed by atoms with Crippen LogP contribution in [-0.4, -0.2) is 16.9 Å². The van der Waals surface area contributed by atoms with E-state index in [0.29, 0.717) is 0 Å². The van der Waals surface area contributed by atoms with E-state index in [9.17, 15) is 14.7 Å². The summed E-state index contributed by atoms with van der Waals surface area (Å²) in [6.07, 6.45) is 0.128. The topological polar surface area (TPSA) is 130 Å². The van der Waals surface area contributed by atoms with Gasteiger partial charge in [0.15, 0.2) is 0 Å². The molecule has 0 spiro atoms. The molecule has 0 bridgehead atoms. The third kappa shape index (κ3) is 4.04. The molecule has 0 saturated heterocycles. The molecule has 0 aliphatic heterocycles. The Morgan fingerprint density at radius 2 is 1.50 bits per heavy atom. The number of phenolic OH excluding ortho intramolecular Hbond substituents is 1. The average molecular weight is 252 g/mol. The van der Waals surface area contributed by atoms with Gasteiger partial charge < -0.3 is 5.11 Å². The van der Waals surface area contributed by atoms with Crippen molar-refractivity contribution in [3.8, 4) is 5.75 Å². The van der Waals surface area contributed by atoms with Crippen molar-refractivity contribution in [2.45, 2.75) is 18.8 Å². The van der Waals surface area contributed by atoms with E-state index in [2.05, 4.69) is 0 Å². The summed E-state index contributed by atoms with van der Waals surface area (Å²) in [7, 11) is 0. The first-order chi connectivity index (χ1) is 8.56. The maximum Gasteiger partial charge on any atom is 0.234 e. The van der Waals surface area contributed by atoms with E-state index in [4.69, 9.17) is 11.7 Å². The number of hydrogen-bond acceptors (Lipinski definition) is 5. The Kier molecular flexibility index (Phi) is 5.09. The summed E-state index contributed by atoms with van der Waals surface area (Å²) in [4.78, 5) is 22.6. The molecule has 7 N–H and O–H groups in total. The highest BCUT2D eigenvalue weighted by atomic mass is 16.3. The van der Waals surface area contributed by atoms with Gasteiger partial charge in [-0.05, 0) is 17.7 Å². The smallest absolute Gasteiger partial charge is 0.234 e. The predicted octanol–water partition coefficient (Wildman–Crippen LogP) is -0.764. The third-order valence-electron chi connectivity index (χ3n) is 2.55. The zero-order chi connectivity index (χ0) is 13.5. The zero-order valence-corrected chi connectivity index (χ0v) is 9.72. The Bertz CT molecular complexity index is 401. The highest BCUT2D eigenvalue weighted by Crippen LogP contribution is 2.25. The number of rotatable bonds is 5. The van der Waals surface area contributed by atoms with Crippen molar-refractivity contribution in [1.29, 1.82) is 0 Å². The molecule has 0 radical (unpaired) electrons. The molecule has 0 aliphatic rings. The summed E-state index contributed by atoms with van der Waals surface area (Å²) in [6, 6.07) is 6.27. The second kappa shape index (κ2) is 6.58. The van der Waals surface area contributed by atoms with E-state index in [0.717, 1.165) is 5.56 Å². The van der Waals surface area contributed by atoms with Gasteiger partial charge >= 0.3 is 0 Å². The molecule has 1 rings (SSSR count). The van der Waals surface area contributed by atoms with E-state index in [1.165, 1.54) is 12.1 Å². The van der Waals surface area contributed by atoms with Gasteiger partial charge in [-0.25, -0.2) is 11.7 Å². The van der Waals surface area contributed by atoms with Crippen molar-refractivity contribution in [2.75, 3.05) is 0 Å². The Labute approximate surface area is 104 Å². The highest BCUT2D eigenvalue weighted by molar-refractivity contribution is 5.80. The standard InChI is InChI=1S/C11H16N4O3/c12-14-10(17)5-8(6-11(18)15-13)7-1-3-9(16)4-2-7/h1-4,8,16H,5-6,12-13H2,(H,14,17)(H,15,18). The van der Waals surface area contributed by atoms with Crippen LogP contribution in [0.3, 0.4) is 0 Å². The van der Waals surface area contributed by atoms with Gasteiger partial charge in [0.2, 0.25) is 11.8 Å². The molecule has 0 atom stereocenters. The number of carbonyl (C=O) groups is 2. The van der Waals surface area contributed by atoms with Gasteiger partial charge in [-0.3, -0.25) is 20.4 Å². The lowest BCUT2D eigenvalue weighted by Crippen LogP contribution is -2.34. The summed E-state index contributed by atoms with van der Waals surface area (Å²) in [5, 5.41) is 9.20. The fourth-order valence-electron chi connectivity index (χ4n) is 1.62. The van der Waals surface area contributed by atoms with Gasteiger partial charge in [-0.1, -0.05) is 12.1 Å². The van der Waals surface area contributed by atoms with Gasteiger partial charge in [0.25, 0.3) is 0 Å². The molecule has 2 amide bonds. The Morgan fingerprint density at radius 1 is 1.06 bits per heavy atom. The van der Waals surface area contributed by atoms with E-state index in [1.54, 1.807) is 12.1 Å². The van der Waals surface area contributed by atoms with Gasteiger partial charge in [0.1, 0.15) is 5.75 Å². The van der Waals surface area contributed by atoms with E-state index in [-0.39, 0.29) is 36.3 Å². The number of amides is 2. The van der Waals surface area contributed by atoms with Gasteiger partial charge in [-0.15, -0.1) is 0 Å². The molecule has 1 aromatic rings. The number of aromatic hydroxyl groups is 1. The van der Waals surface area contributed by atoms with Crippen LogP contribution in [0.15, 0.2) is 24.3 Å². The maximum absolute atomic E-state index is 11.3. The molecule has 0 fully saturated rings. The van der Waals surface area contributed by atoms with Crippen molar-refractivity contribution >= 4 is 11.8 Å². The highest BCUT2D eigenvalue weighted by Gasteiger charge is 2.18. The molecule has 0 saturated carbocycles. The molecular formula is C11H16N4O3. The number of nitrogens with two attached hydrogens (primary N) is 2. The molecule has 18 heavy (non-hydrogen) atoms. The molecule has 1 aromatic carbocycles. The Balaban J connectivity index is 2.85. The summed E-state index contributed by atoms with van der Waals surface area (Å²) in [6.45, 7) is 0. The molecule has 0 aromatic heterocycles. The van der Waals surface area contributed by atoms with Crippen molar-refractivity contribution in [1.82, 2.24) is 10.9 Å². The fourth-order valence-corrected chi connectivity index (χ4v) is 1.62. The van der Waals surface area contributed by atoms with Crippen molar-refractivity contribution in [3.05, 3.63) is 29.8 Å². The molecule has 0 unspecified atom stereocenters. The lowest BCUT2D eigenvalue weighted by Gasteiger charge is -2.15. The number of hydrogen-bond donors (Lipinski definition) is 5. The van der Waals surface area contributed by atoms with Crippen LogP contribution in [0.25, 0.3) is 0 Å². The van der Waals surface area contributed by atoms with Gasteiger partial charge in [0, 0.05) is 18.8 Å². The van der Waals surface area contributed by atoms with Crippen molar-refractivity contribution in [2.24, 2.45) is 11.7 Å². The first kappa shape index (κ1) is 13.9. The molecule has 0 aliphatic carbocycles. The van der Waals surface area contributed by atoms with Crippen LogP contribution in [0.5, 0.6) is 5.75 Å². The first-order valence-electron chi connectivity index (χ1n) is 5.34. The summed E-state index contributed by atoms with van der Waals surface area (Å²) < 4.78 is 0. The van der Waals surface area contributed by atoms with Crippen LogP contribution < -0.4 is 22.5 Å². The largest absolute Gasteiger partial charge is 0.508 e. The van der Waals surface area contributed by atoms with E-state index >= 15 is 0 Å². The van der Waals surface area contributed by atoms with Crippen LogP contribution in [0, 0.1) is 0 Å². The van der Waals surface area contributed by atoms with Crippen LogP contribution in [0.1, 0.15) is 24.3 Å². The van der Waals surface area contributed by atoms with Crippen molar-refractivity contribution in [3.63, 3.8) is 0 Å². The Morgan fingerprint density at radius 3 is 1.89 bits per heavy atom. The van der Waals surface area contributed by atoms with Crippen LogP contribution >= 0.6 is 0 Å². The fraction of sp³-hybridized carbons (Fsp3) is 0.273. The van der Waals surface area contributed by atoms with E-state index in [1.807, 2.05) is 10.9 Å². The molecule has 0 heterocycles. The molecule has 7 nitrogen and oxygen atoms in total. The quantitative estimate of drug-likeness (QED) is 0.267. The average Bonchev–Trinajstić information content (AvgIpc) is 2.38. The Hall–Kier alpha value is -2.12. The minimum atomic E-state index is -0.377. The molecule has 98 valence electrons. The van der Waals surface area contributed by atoms with Crippen molar-refractivity contribution < 1.29 is 14.7 Å². The van der Waals surface area contributed by atoms with Crippen LogP contribution in [0.4, 0.5) is 0 Å². The maximum atomic E-state index is 11.3. The minimum absolute atomic E-state index is 0.0642. The monoisotopic (exact) mass is 252 g/mol. The molecular weight excluding hydrogens is 236 g/mol. The lowest BCUT2D eigenvalue weighted by atomic mass is 9.92. The summed E-state index contributed by atoms with van der Waals surface area (Å²) in [5.74, 6) is 9.05. The number of carbonyl (C=O) groups excluding carboxylic acids is 2. The number of benzene rings is 1. The molecule has 7 heteroatoms. The van der Waals surface area contributed by atoms with Crippen LogP contribution in [0.2, 0.25) is 0 Å². The second-order valence-corrected chi connectivity index (χ2v) is 3.83. The SMILES string of the molecule is NNC(=O)CC(CC(=O)NN)c1ccc(O)cc1. The second-order valence-electron chi connectivity index (χ2n) is 3.83. The van der Waals surface area contributed by atoms with Gasteiger partial charge in [-0.2, -0.15) is 0 Å². The number of nitrogens with one attached hydrogen (secondary N) is 2. The summed E-state index contributed by atoms with van der Waals surface area (Å²) in [5.41, 5.74) is 4.78. The number of hydrazine groups is 2. The minimum Gasteiger partial charge on any atom is -0.508 e. The predicted molar refractivity (Wildman–Crippen MR) is 64.7 cm³/mol.